The summed E-state index contributed by atoms with van der Waals surface area (Å²) < 4.78 is 11.3. The first-order valence-electron chi connectivity index (χ1n) is 7.82. The minimum Gasteiger partial charge on any atom is -0.493 e. The number of nitrogens with zero attached hydrogens (tertiary/aromatic N) is 2. The van der Waals surface area contributed by atoms with Gasteiger partial charge in [0, 0.05) is 25.6 Å². The van der Waals surface area contributed by atoms with Gasteiger partial charge < -0.3 is 9.47 Å². The number of hydrogen-bond acceptors (Lipinski definition) is 4. The van der Waals surface area contributed by atoms with Crippen LogP contribution in [0.3, 0.4) is 0 Å². The molecular weight excluding hydrogens is 304 g/mol. The second-order valence-electron chi connectivity index (χ2n) is 5.68. The van der Waals surface area contributed by atoms with E-state index in [1.807, 2.05) is 48.5 Å². The molecule has 0 N–H and O–H groups in total. The van der Waals surface area contributed by atoms with Gasteiger partial charge in [0.25, 0.3) is 0 Å². The molecular formula is C19H20N2O3. The SMILES string of the molecule is COc1ccc(C2C=NN(C)C(=O)C2)cc1OCc1ccccc1. The van der Waals surface area contributed by atoms with Gasteiger partial charge in [-0.25, -0.2) is 5.01 Å². The molecule has 2 aromatic carbocycles. The molecule has 1 heterocycles. The first-order valence-corrected chi connectivity index (χ1v) is 7.82. The number of benzene rings is 2. The molecule has 0 aliphatic carbocycles. The fourth-order valence-corrected chi connectivity index (χ4v) is 2.59. The highest BCUT2D eigenvalue weighted by molar-refractivity contribution is 5.86. The van der Waals surface area contributed by atoms with Crippen LogP contribution in [-0.2, 0) is 11.4 Å². The lowest BCUT2D eigenvalue weighted by Crippen LogP contribution is -2.28. The summed E-state index contributed by atoms with van der Waals surface area (Å²) in [6.45, 7) is 0.459. The summed E-state index contributed by atoms with van der Waals surface area (Å²) in [7, 11) is 3.28. The molecule has 1 amide bonds. The van der Waals surface area contributed by atoms with Crippen LogP contribution in [0.4, 0.5) is 0 Å². The van der Waals surface area contributed by atoms with Gasteiger partial charge in [-0.15, -0.1) is 0 Å². The molecule has 124 valence electrons. The molecule has 5 nitrogen and oxygen atoms in total. The average molecular weight is 324 g/mol. The highest BCUT2D eigenvalue weighted by Crippen LogP contribution is 2.33. The molecule has 0 saturated carbocycles. The van der Waals surface area contributed by atoms with E-state index in [1.54, 1.807) is 20.4 Å². The first kappa shape index (κ1) is 16.1. The second kappa shape index (κ2) is 7.17. The van der Waals surface area contributed by atoms with Crippen LogP contribution in [0.25, 0.3) is 0 Å². The molecule has 0 radical (unpaired) electrons. The number of carbonyl (C=O) groups excluding carboxylic acids is 1. The molecule has 1 aliphatic rings. The number of hydrogen-bond donors (Lipinski definition) is 0. The van der Waals surface area contributed by atoms with E-state index in [-0.39, 0.29) is 11.8 Å². The molecule has 1 unspecified atom stereocenters. The Morgan fingerprint density at radius 3 is 2.67 bits per heavy atom. The number of amides is 1. The lowest BCUT2D eigenvalue weighted by molar-refractivity contribution is -0.130. The summed E-state index contributed by atoms with van der Waals surface area (Å²) in [5.41, 5.74) is 2.07. The predicted molar refractivity (Wildman–Crippen MR) is 92.4 cm³/mol. The maximum Gasteiger partial charge on any atom is 0.243 e. The standard InChI is InChI=1S/C19H20N2O3/c1-21-19(22)11-16(12-20-21)15-8-9-17(23-2)18(10-15)24-13-14-6-4-3-5-7-14/h3-10,12,16H,11,13H2,1-2H3. The Hall–Kier alpha value is -2.82. The van der Waals surface area contributed by atoms with Crippen LogP contribution in [0.15, 0.2) is 53.6 Å². The molecule has 5 heteroatoms. The Morgan fingerprint density at radius 1 is 1.17 bits per heavy atom. The van der Waals surface area contributed by atoms with Gasteiger partial charge in [-0.05, 0) is 23.3 Å². The smallest absolute Gasteiger partial charge is 0.243 e. The number of carbonyl (C=O) groups is 1. The van der Waals surface area contributed by atoms with Crippen LogP contribution in [0.1, 0.15) is 23.5 Å². The van der Waals surface area contributed by atoms with E-state index in [4.69, 9.17) is 9.47 Å². The minimum atomic E-state index is -0.0429. The maximum absolute atomic E-state index is 11.9. The van der Waals surface area contributed by atoms with Crippen molar-refractivity contribution in [3.05, 3.63) is 59.7 Å². The fraction of sp³-hybridized carbons (Fsp3) is 0.263. The Bertz CT molecular complexity index is 744. The van der Waals surface area contributed by atoms with Gasteiger partial charge in [0.15, 0.2) is 11.5 Å². The Kier molecular flexibility index (Phi) is 4.79. The van der Waals surface area contributed by atoms with Crippen LogP contribution in [0.5, 0.6) is 11.5 Å². The van der Waals surface area contributed by atoms with E-state index in [0.717, 1.165) is 11.1 Å². The minimum absolute atomic E-state index is 0.00470. The summed E-state index contributed by atoms with van der Waals surface area (Å²) in [6, 6.07) is 15.7. The third-order valence-corrected chi connectivity index (χ3v) is 4.03. The highest BCUT2D eigenvalue weighted by atomic mass is 16.5. The molecule has 0 bridgehead atoms. The normalized spacial score (nSPS) is 17.0. The summed E-state index contributed by atoms with van der Waals surface area (Å²) in [5.74, 6) is 1.30. The van der Waals surface area contributed by atoms with Crippen LogP contribution >= 0.6 is 0 Å². The van der Waals surface area contributed by atoms with Gasteiger partial charge in [-0.2, -0.15) is 5.10 Å². The second-order valence-corrected chi connectivity index (χ2v) is 5.68. The van der Waals surface area contributed by atoms with Crippen molar-refractivity contribution in [2.24, 2.45) is 5.10 Å². The number of methoxy groups -OCH3 is 1. The third-order valence-electron chi connectivity index (χ3n) is 4.03. The van der Waals surface area contributed by atoms with Crippen molar-refractivity contribution in [2.75, 3.05) is 14.2 Å². The predicted octanol–water partition coefficient (Wildman–Crippen LogP) is 3.21. The largest absolute Gasteiger partial charge is 0.493 e. The topological polar surface area (TPSA) is 51.1 Å². The van der Waals surface area contributed by atoms with Gasteiger partial charge in [0.05, 0.1) is 7.11 Å². The third kappa shape index (κ3) is 3.56. The quantitative estimate of drug-likeness (QED) is 0.848. The summed E-state index contributed by atoms with van der Waals surface area (Å²) in [6.07, 6.45) is 2.20. The van der Waals surface area contributed by atoms with E-state index in [9.17, 15) is 4.79 Å². The zero-order valence-electron chi connectivity index (χ0n) is 13.8. The molecule has 1 atom stereocenters. The van der Waals surface area contributed by atoms with Crippen molar-refractivity contribution in [3.8, 4) is 11.5 Å². The molecule has 0 fully saturated rings. The molecule has 3 rings (SSSR count). The van der Waals surface area contributed by atoms with E-state index in [2.05, 4.69) is 5.10 Å². The Balaban J connectivity index is 1.80. The van der Waals surface area contributed by atoms with Gasteiger partial charge in [0.2, 0.25) is 5.91 Å². The van der Waals surface area contributed by atoms with Gasteiger partial charge >= 0.3 is 0 Å². The Morgan fingerprint density at radius 2 is 1.96 bits per heavy atom. The zero-order valence-corrected chi connectivity index (χ0v) is 13.8. The molecule has 0 spiro atoms. The van der Waals surface area contributed by atoms with Crippen LogP contribution < -0.4 is 9.47 Å². The number of ether oxygens (including phenoxy) is 2. The summed E-state index contributed by atoms with van der Waals surface area (Å²) in [4.78, 5) is 11.9. The maximum atomic E-state index is 11.9. The van der Waals surface area contributed by atoms with E-state index < -0.39 is 0 Å². The van der Waals surface area contributed by atoms with Crippen LogP contribution in [0, 0.1) is 0 Å². The van der Waals surface area contributed by atoms with E-state index in [0.29, 0.717) is 24.5 Å². The van der Waals surface area contributed by atoms with Crippen LogP contribution in [-0.4, -0.2) is 31.3 Å². The van der Waals surface area contributed by atoms with Crippen molar-refractivity contribution >= 4 is 12.1 Å². The lowest BCUT2D eigenvalue weighted by Gasteiger charge is -2.22. The zero-order chi connectivity index (χ0) is 16.9. The van der Waals surface area contributed by atoms with Crippen molar-refractivity contribution in [1.29, 1.82) is 0 Å². The van der Waals surface area contributed by atoms with Gasteiger partial charge in [-0.3, -0.25) is 4.79 Å². The van der Waals surface area contributed by atoms with Crippen molar-refractivity contribution < 1.29 is 14.3 Å². The van der Waals surface area contributed by atoms with E-state index >= 15 is 0 Å². The first-order chi connectivity index (χ1) is 11.7. The fourth-order valence-electron chi connectivity index (χ4n) is 2.59. The molecule has 0 saturated heterocycles. The van der Waals surface area contributed by atoms with Crippen molar-refractivity contribution in [3.63, 3.8) is 0 Å². The number of hydrazone groups is 1. The van der Waals surface area contributed by atoms with Crippen molar-refractivity contribution in [1.82, 2.24) is 5.01 Å². The van der Waals surface area contributed by atoms with E-state index in [1.165, 1.54) is 5.01 Å². The molecule has 1 aliphatic heterocycles. The van der Waals surface area contributed by atoms with Gasteiger partial charge in [0.1, 0.15) is 6.61 Å². The average Bonchev–Trinajstić information content (AvgIpc) is 2.63. The molecule has 2 aromatic rings. The summed E-state index contributed by atoms with van der Waals surface area (Å²) in [5, 5.41) is 5.49. The van der Waals surface area contributed by atoms with Crippen LogP contribution in [0.2, 0.25) is 0 Å². The van der Waals surface area contributed by atoms with Gasteiger partial charge in [-0.1, -0.05) is 36.4 Å². The molecule has 24 heavy (non-hydrogen) atoms. The lowest BCUT2D eigenvalue weighted by atomic mass is 9.95. The molecule has 0 aromatic heterocycles. The van der Waals surface area contributed by atoms with Crippen molar-refractivity contribution in [2.45, 2.75) is 18.9 Å². The summed E-state index contributed by atoms with van der Waals surface area (Å²) >= 11 is 0. The monoisotopic (exact) mass is 324 g/mol. The Labute approximate surface area is 141 Å². The number of rotatable bonds is 5. The highest BCUT2D eigenvalue weighted by Gasteiger charge is 2.22.